The van der Waals surface area contributed by atoms with Crippen molar-refractivity contribution in [2.75, 3.05) is 24.5 Å². The minimum Gasteiger partial charge on any atom is -0.372 e. The average Bonchev–Trinajstić information content (AvgIpc) is 2.63. The molecule has 0 unspecified atom stereocenters. The maximum atomic E-state index is 13.5. The van der Waals surface area contributed by atoms with E-state index in [1.54, 1.807) is 6.07 Å². The Balaban J connectivity index is 1.54. The van der Waals surface area contributed by atoms with Crippen LogP contribution in [0.4, 0.5) is 14.7 Å². The summed E-state index contributed by atoms with van der Waals surface area (Å²) < 4.78 is 32.4. The van der Waals surface area contributed by atoms with E-state index in [9.17, 15) is 13.6 Å². The number of rotatable bonds is 3. The summed E-state index contributed by atoms with van der Waals surface area (Å²) in [5.41, 5.74) is 2.06. The summed E-state index contributed by atoms with van der Waals surface area (Å²) in [6, 6.07) is 3.95. The molecule has 6 nitrogen and oxygen atoms in total. The van der Waals surface area contributed by atoms with E-state index >= 15 is 0 Å². The van der Waals surface area contributed by atoms with Gasteiger partial charge in [-0.25, -0.2) is 13.8 Å². The third-order valence-corrected chi connectivity index (χ3v) is 5.25. The lowest BCUT2D eigenvalue weighted by molar-refractivity contribution is -0.00576. The van der Waals surface area contributed by atoms with Gasteiger partial charge in [0.1, 0.15) is 0 Å². The molecule has 0 radical (unpaired) electrons. The summed E-state index contributed by atoms with van der Waals surface area (Å²) in [6.45, 7) is 7.00. The van der Waals surface area contributed by atoms with Crippen LogP contribution in [0.1, 0.15) is 30.7 Å². The van der Waals surface area contributed by atoms with Crippen LogP contribution in [0.25, 0.3) is 0 Å². The van der Waals surface area contributed by atoms with Crippen LogP contribution in [0.5, 0.6) is 0 Å². The summed E-state index contributed by atoms with van der Waals surface area (Å²) in [5, 5.41) is 0. The molecule has 0 aliphatic carbocycles. The fourth-order valence-electron chi connectivity index (χ4n) is 4.01. The fraction of sp³-hybridized carbons (Fsp3) is 0.500. The van der Waals surface area contributed by atoms with E-state index in [-0.39, 0.29) is 17.8 Å². The Labute approximate surface area is 162 Å². The molecule has 8 heteroatoms. The summed E-state index contributed by atoms with van der Waals surface area (Å²) in [7, 11) is 0. The molecule has 0 spiro atoms. The first-order valence-electron chi connectivity index (χ1n) is 9.58. The van der Waals surface area contributed by atoms with Crippen LogP contribution < -0.4 is 10.5 Å². The van der Waals surface area contributed by atoms with E-state index in [2.05, 4.69) is 14.8 Å². The van der Waals surface area contributed by atoms with Gasteiger partial charge >= 0.3 is 0 Å². The van der Waals surface area contributed by atoms with E-state index in [1.807, 2.05) is 13.8 Å². The lowest BCUT2D eigenvalue weighted by Crippen LogP contribution is -2.47. The largest absolute Gasteiger partial charge is 0.372 e. The van der Waals surface area contributed by atoms with Gasteiger partial charge in [-0.15, -0.1) is 0 Å². The molecule has 1 fully saturated rings. The standard InChI is InChI=1S/C20H24F2N4O2/c1-12-8-26(9-13(2)28-12)20-23-18-11-25(6-5-15(18)19(27)24-20)10-14-3-4-16(21)17(22)7-14/h3-4,7,12-13H,5-6,8-11H2,1-2H3,(H,23,24,27)/t12-,13-/m1/s1. The number of aromatic nitrogens is 2. The van der Waals surface area contributed by atoms with Gasteiger partial charge in [-0.2, -0.15) is 0 Å². The highest BCUT2D eigenvalue weighted by atomic mass is 19.2. The molecule has 28 heavy (non-hydrogen) atoms. The number of morpholine rings is 1. The summed E-state index contributed by atoms with van der Waals surface area (Å²) in [4.78, 5) is 24.4. The minimum absolute atomic E-state index is 0.0648. The molecule has 2 aromatic rings. The number of H-pyrrole nitrogens is 1. The Morgan fingerprint density at radius 2 is 1.96 bits per heavy atom. The number of nitrogens with zero attached hydrogens (tertiary/aromatic N) is 3. The zero-order valence-electron chi connectivity index (χ0n) is 16.0. The Morgan fingerprint density at radius 3 is 2.68 bits per heavy atom. The van der Waals surface area contributed by atoms with E-state index in [1.165, 1.54) is 6.07 Å². The van der Waals surface area contributed by atoms with Gasteiger partial charge in [0.2, 0.25) is 5.95 Å². The molecule has 2 aliphatic rings. The second kappa shape index (κ2) is 7.60. The average molecular weight is 390 g/mol. The first-order valence-corrected chi connectivity index (χ1v) is 9.58. The minimum atomic E-state index is -0.848. The van der Waals surface area contributed by atoms with Crippen molar-refractivity contribution in [2.24, 2.45) is 0 Å². The highest BCUT2D eigenvalue weighted by Gasteiger charge is 2.27. The van der Waals surface area contributed by atoms with Crippen molar-refractivity contribution in [3.8, 4) is 0 Å². The van der Waals surface area contributed by atoms with Gasteiger partial charge in [0.05, 0.1) is 17.9 Å². The molecular formula is C20H24F2N4O2. The van der Waals surface area contributed by atoms with Gasteiger partial charge < -0.3 is 9.64 Å². The lowest BCUT2D eigenvalue weighted by atomic mass is 10.1. The van der Waals surface area contributed by atoms with Crippen LogP contribution >= 0.6 is 0 Å². The molecule has 2 atom stereocenters. The van der Waals surface area contributed by atoms with Gasteiger partial charge in [-0.05, 0) is 38.0 Å². The maximum absolute atomic E-state index is 13.5. The monoisotopic (exact) mass is 390 g/mol. The Kier molecular flexibility index (Phi) is 5.16. The number of aromatic amines is 1. The zero-order chi connectivity index (χ0) is 19.8. The Bertz CT molecular complexity index is 923. The molecule has 0 bridgehead atoms. The summed E-state index contributed by atoms with van der Waals surface area (Å²) in [5.74, 6) is -1.12. The predicted octanol–water partition coefficient (Wildman–Crippen LogP) is 2.22. The normalized spacial score (nSPS) is 22.9. The maximum Gasteiger partial charge on any atom is 0.255 e. The molecule has 3 heterocycles. The number of benzene rings is 1. The van der Waals surface area contributed by atoms with Crippen LogP contribution in [0, 0.1) is 11.6 Å². The highest BCUT2D eigenvalue weighted by molar-refractivity contribution is 5.35. The number of fused-ring (bicyclic) bond motifs is 1. The molecule has 0 amide bonds. The zero-order valence-corrected chi connectivity index (χ0v) is 16.0. The number of anilines is 1. The molecule has 1 N–H and O–H groups in total. The Hall–Kier alpha value is -2.32. The molecule has 1 aromatic heterocycles. The van der Waals surface area contributed by atoms with Gasteiger partial charge in [0.25, 0.3) is 5.56 Å². The van der Waals surface area contributed by atoms with Crippen molar-refractivity contribution in [3.63, 3.8) is 0 Å². The number of halogens is 2. The smallest absolute Gasteiger partial charge is 0.255 e. The quantitative estimate of drug-likeness (QED) is 0.871. The molecule has 2 aliphatic heterocycles. The van der Waals surface area contributed by atoms with Crippen molar-refractivity contribution in [1.29, 1.82) is 0 Å². The first-order chi connectivity index (χ1) is 13.4. The molecule has 150 valence electrons. The molecule has 0 saturated carbocycles. The third kappa shape index (κ3) is 3.93. The van der Waals surface area contributed by atoms with Gasteiger partial charge in [0.15, 0.2) is 11.6 Å². The van der Waals surface area contributed by atoms with Crippen LogP contribution in [-0.4, -0.2) is 46.7 Å². The molecule has 1 saturated heterocycles. The van der Waals surface area contributed by atoms with Crippen LogP contribution in [-0.2, 0) is 24.2 Å². The predicted molar refractivity (Wildman–Crippen MR) is 101 cm³/mol. The third-order valence-electron chi connectivity index (χ3n) is 5.25. The second-order valence-electron chi connectivity index (χ2n) is 7.69. The summed E-state index contributed by atoms with van der Waals surface area (Å²) in [6.07, 6.45) is 0.710. The SMILES string of the molecule is C[C@@H]1CN(c2nc3c(c(=O)[nH]2)CCN(Cc2ccc(F)c(F)c2)C3)C[C@@H](C)O1. The number of hydrogen-bond donors (Lipinski definition) is 1. The second-order valence-corrected chi connectivity index (χ2v) is 7.69. The van der Waals surface area contributed by atoms with E-state index in [0.29, 0.717) is 56.2 Å². The fourth-order valence-corrected chi connectivity index (χ4v) is 4.01. The lowest BCUT2D eigenvalue weighted by Gasteiger charge is -2.36. The Morgan fingerprint density at radius 1 is 1.21 bits per heavy atom. The van der Waals surface area contributed by atoms with E-state index in [4.69, 9.17) is 9.72 Å². The van der Waals surface area contributed by atoms with Crippen LogP contribution in [0.2, 0.25) is 0 Å². The first kappa shape index (κ1) is 19.0. The number of hydrogen-bond acceptors (Lipinski definition) is 5. The van der Waals surface area contributed by atoms with Gasteiger partial charge in [0, 0.05) is 38.3 Å². The molecule has 4 rings (SSSR count). The van der Waals surface area contributed by atoms with Crippen molar-refractivity contribution in [1.82, 2.24) is 14.9 Å². The van der Waals surface area contributed by atoms with Crippen LogP contribution in [0.3, 0.4) is 0 Å². The highest BCUT2D eigenvalue weighted by Crippen LogP contribution is 2.21. The van der Waals surface area contributed by atoms with Crippen LogP contribution in [0.15, 0.2) is 23.0 Å². The molecular weight excluding hydrogens is 366 g/mol. The van der Waals surface area contributed by atoms with Crippen molar-refractivity contribution < 1.29 is 13.5 Å². The van der Waals surface area contributed by atoms with Crippen molar-refractivity contribution >= 4 is 5.95 Å². The number of ether oxygens (including phenoxy) is 1. The summed E-state index contributed by atoms with van der Waals surface area (Å²) >= 11 is 0. The topological polar surface area (TPSA) is 61.5 Å². The molecule has 1 aromatic carbocycles. The number of nitrogens with one attached hydrogen (secondary N) is 1. The van der Waals surface area contributed by atoms with Crippen molar-refractivity contribution in [3.05, 3.63) is 57.0 Å². The van der Waals surface area contributed by atoms with Crippen molar-refractivity contribution in [2.45, 2.75) is 45.6 Å². The van der Waals surface area contributed by atoms with E-state index < -0.39 is 11.6 Å². The van der Waals surface area contributed by atoms with E-state index in [0.717, 1.165) is 11.8 Å². The van der Waals surface area contributed by atoms with Gasteiger partial charge in [-0.3, -0.25) is 14.7 Å². The van der Waals surface area contributed by atoms with Gasteiger partial charge in [-0.1, -0.05) is 6.07 Å².